The highest BCUT2D eigenvalue weighted by atomic mass is 35.5. The van der Waals surface area contributed by atoms with Gasteiger partial charge in [-0.2, -0.15) is 4.31 Å². The zero-order chi connectivity index (χ0) is 18.4. The van der Waals surface area contributed by atoms with Crippen molar-refractivity contribution in [3.8, 4) is 0 Å². The highest BCUT2D eigenvalue weighted by Crippen LogP contribution is 2.21. The molecule has 152 valence electrons. The lowest BCUT2D eigenvalue weighted by Gasteiger charge is -2.25. The van der Waals surface area contributed by atoms with E-state index < -0.39 is 10.0 Å². The summed E-state index contributed by atoms with van der Waals surface area (Å²) in [6.07, 6.45) is 6.14. The Morgan fingerprint density at radius 3 is 2.44 bits per heavy atom. The molecule has 2 aliphatic heterocycles. The molecule has 6 nitrogen and oxygen atoms in total. The van der Waals surface area contributed by atoms with Crippen LogP contribution in [0.15, 0.2) is 29.2 Å². The zero-order valence-corrected chi connectivity index (χ0v) is 17.3. The summed E-state index contributed by atoms with van der Waals surface area (Å²) in [7, 11) is -3.38. The van der Waals surface area contributed by atoms with Gasteiger partial charge >= 0.3 is 0 Å². The Morgan fingerprint density at radius 2 is 1.81 bits per heavy atom. The van der Waals surface area contributed by atoms with Crippen molar-refractivity contribution >= 4 is 28.3 Å². The average molecular weight is 416 g/mol. The first kappa shape index (κ1) is 22.1. The van der Waals surface area contributed by atoms with Gasteiger partial charge in [-0.05, 0) is 56.3 Å². The number of amides is 1. The third-order valence-electron chi connectivity index (χ3n) is 5.18. The van der Waals surface area contributed by atoms with Crippen LogP contribution in [-0.2, 0) is 21.2 Å². The minimum atomic E-state index is -3.38. The molecule has 2 heterocycles. The topological polar surface area (TPSA) is 78.5 Å². The number of carbonyl (C=O) groups is 1. The number of nitrogens with one attached hydrogen (secondary N) is 2. The number of aryl methyl sites for hydroxylation is 1. The molecule has 2 N–H and O–H groups in total. The molecule has 3 rings (SSSR count). The molecular formula is C19H30ClN3O3S. The Bertz CT molecular complexity index is 697. The number of halogens is 1. The van der Waals surface area contributed by atoms with E-state index in [2.05, 4.69) is 10.6 Å². The summed E-state index contributed by atoms with van der Waals surface area (Å²) in [5.74, 6) is 0.0590. The van der Waals surface area contributed by atoms with Crippen molar-refractivity contribution in [2.75, 3.05) is 26.2 Å². The van der Waals surface area contributed by atoms with Crippen LogP contribution < -0.4 is 10.6 Å². The van der Waals surface area contributed by atoms with Crippen LogP contribution in [0, 0.1) is 0 Å². The van der Waals surface area contributed by atoms with E-state index in [1.54, 1.807) is 16.4 Å². The minimum absolute atomic E-state index is 0. The van der Waals surface area contributed by atoms with E-state index >= 15 is 0 Å². The van der Waals surface area contributed by atoms with Crippen molar-refractivity contribution in [2.24, 2.45) is 0 Å². The van der Waals surface area contributed by atoms with Gasteiger partial charge in [0, 0.05) is 32.1 Å². The molecule has 2 fully saturated rings. The molecule has 27 heavy (non-hydrogen) atoms. The van der Waals surface area contributed by atoms with Crippen LogP contribution in [0.1, 0.15) is 44.1 Å². The molecular weight excluding hydrogens is 386 g/mol. The number of rotatable bonds is 6. The van der Waals surface area contributed by atoms with E-state index in [0.717, 1.165) is 50.8 Å². The molecule has 1 atom stereocenters. The lowest BCUT2D eigenvalue weighted by molar-refractivity contribution is -0.121. The van der Waals surface area contributed by atoms with Gasteiger partial charge in [0.1, 0.15) is 0 Å². The molecule has 1 aromatic carbocycles. The van der Waals surface area contributed by atoms with E-state index in [-0.39, 0.29) is 24.4 Å². The number of carbonyl (C=O) groups excluding carboxylic acids is 1. The predicted molar refractivity (Wildman–Crippen MR) is 109 cm³/mol. The number of sulfonamides is 1. The van der Waals surface area contributed by atoms with Crippen molar-refractivity contribution in [1.29, 1.82) is 0 Å². The normalized spacial score (nSPS) is 21.3. The largest absolute Gasteiger partial charge is 0.352 e. The van der Waals surface area contributed by atoms with Crippen molar-refractivity contribution in [1.82, 2.24) is 14.9 Å². The number of hydrogen-bond donors (Lipinski definition) is 2. The van der Waals surface area contributed by atoms with Crippen LogP contribution in [0.3, 0.4) is 0 Å². The minimum Gasteiger partial charge on any atom is -0.352 e. The number of piperidine rings is 2. The molecule has 2 saturated heterocycles. The Hall–Kier alpha value is -1.15. The van der Waals surface area contributed by atoms with E-state index in [9.17, 15) is 13.2 Å². The fourth-order valence-electron chi connectivity index (χ4n) is 3.62. The van der Waals surface area contributed by atoms with Crippen LogP contribution in [0.5, 0.6) is 0 Å². The molecule has 1 amide bonds. The number of nitrogens with zero attached hydrogens (tertiary/aromatic N) is 1. The highest BCUT2D eigenvalue weighted by molar-refractivity contribution is 7.89. The maximum Gasteiger partial charge on any atom is 0.243 e. The van der Waals surface area contributed by atoms with Crippen LogP contribution in [0.4, 0.5) is 0 Å². The SMILES string of the molecule is Cl.O=C(CCc1ccc(S(=O)(=O)N2CCCCC2)cc1)NC1CCCNC1. The Balaban J connectivity index is 0.00000261. The fraction of sp³-hybridized carbons (Fsp3) is 0.632. The predicted octanol–water partition coefficient (Wildman–Crippen LogP) is 2.08. The van der Waals surface area contributed by atoms with Gasteiger partial charge < -0.3 is 10.6 Å². The zero-order valence-electron chi connectivity index (χ0n) is 15.7. The first-order valence-electron chi connectivity index (χ1n) is 9.65. The Kier molecular flexibility index (Phi) is 8.54. The lowest BCUT2D eigenvalue weighted by atomic mass is 10.1. The van der Waals surface area contributed by atoms with Crippen LogP contribution >= 0.6 is 12.4 Å². The first-order chi connectivity index (χ1) is 12.6. The first-order valence-corrected chi connectivity index (χ1v) is 11.1. The fourth-order valence-corrected chi connectivity index (χ4v) is 5.13. The third kappa shape index (κ3) is 6.17. The van der Waals surface area contributed by atoms with E-state index in [4.69, 9.17) is 0 Å². The summed E-state index contributed by atoms with van der Waals surface area (Å²) < 4.78 is 26.9. The molecule has 0 aromatic heterocycles. The second-order valence-electron chi connectivity index (χ2n) is 7.22. The second kappa shape index (κ2) is 10.4. The summed E-state index contributed by atoms with van der Waals surface area (Å²) in [5.41, 5.74) is 0.986. The Labute approximate surface area is 168 Å². The molecule has 1 unspecified atom stereocenters. The second-order valence-corrected chi connectivity index (χ2v) is 9.16. The highest BCUT2D eigenvalue weighted by Gasteiger charge is 2.25. The van der Waals surface area contributed by atoms with Gasteiger partial charge in [0.05, 0.1) is 4.90 Å². The van der Waals surface area contributed by atoms with Crippen LogP contribution in [0.25, 0.3) is 0 Å². The molecule has 8 heteroatoms. The van der Waals surface area contributed by atoms with Crippen molar-refractivity contribution in [2.45, 2.75) is 55.9 Å². The monoisotopic (exact) mass is 415 g/mol. The summed E-state index contributed by atoms with van der Waals surface area (Å²) >= 11 is 0. The van der Waals surface area contributed by atoms with Crippen LogP contribution in [-0.4, -0.2) is 50.9 Å². The van der Waals surface area contributed by atoms with Gasteiger partial charge in [-0.15, -0.1) is 12.4 Å². The van der Waals surface area contributed by atoms with Gasteiger partial charge in [-0.25, -0.2) is 8.42 Å². The quantitative estimate of drug-likeness (QED) is 0.745. The molecule has 0 radical (unpaired) electrons. The van der Waals surface area contributed by atoms with E-state index in [0.29, 0.717) is 30.8 Å². The molecule has 0 spiro atoms. The smallest absolute Gasteiger partial charge is 0.243 e. The van der Waals surface area contributed by atoms with Crippen LogP contribution in [0.2, 0.25) is 0 Å². The summed E-state index contributed by atoms with van der Waals surface area (Å²) in [6.45, 7) is 3.09. The summed E-state index contributed by atoms with van der Waals surface area (Å²) in [5, 5.41) is 6.35. The summed E-state index contributed by atoms with van der Waals surface area (Å²) in [4.78, 5) is 12.4. The van der Waals surface area contributed by atoms with Gasteiger partial charge in [0.25, 0.3) is 0 Å². The molecule has 0 bridgehead atoms. The van der Waals surface area contributed by atoms with Crippen molar-refractivity contribution in [3.05, 3.63) is 29.8 Å². The average Bonchev–Trinajstić information content (AvgIpc) is 2.68. The van der Waals surface area contributed by atoms with E-state index in [1.165, 1.54) is 0 Å². The third-order valence-corrected chi connectivity index (χ3v) is 7.09. The molecule has 1 aromatic rings. The van der Waals surface area contributed by atoms with E-state index in [1.807, 2.05) is 12.1 Å². The van der Waals surface area contributed by atoms with Gasteiger partial charge in [0.2, 0.25) is 15.9 Å². The standard InChI is InChI=1S/C19H29N3O3S.ClH/c23-19(21-17-5-4-12-20-15-17)11-8-16-6-9-18(10-7-16)26(24,25)22-13-2-1-3-14-22;/h6-7,9-10,17,20H,1-5,8,11-15H2,(H,21,23);1H. The maximum absolute atomic E-state index is 12.6. The van der Waals surface area contributed by atoms with Gasteiger partial charge in [-0.1, -0.05) is 18.6 Å². The maximum atomic E-state index is 12.6. The molecule has 0 aliphatic carbocycles. The number of hydrogen-bond acceptors (Lipinski definition) is 4. The van der Waals surface area contributed by atoms with Gasteiger partial charge in [0.15, 0.2) is 0 Å². The summed E-state index contributed by atoms with van der Waals surface area (Å²) in [6, 6.07) is 7.22. The van der Waals surface area contributed by atoms with Crippen molar-refractivity contribution in [3.63, 3.8) is 0 Å². The lowest BCUT2D eigenvalue weighted by Crippen LogP contribution is -2.45. The number of benzene rings is 1. The van der Waals surface area contributed by atoms with Crippen molar-refractivity contribution < 1.29 is 13.2 Å². The van der Waals surface area contributed by atoms with Gasteiger partial charge in [-0.3, -0.25) is 4.79 Å². The molecule has 2 aliphatic rings. The Morgan fingerprint density at radius 1 is 1.11 bits per heavy atom. The molecule has 0 saturated carbocycles.